The molecule has 0 saturated heterocycles. The number of carbonyl (C=O) groups excluding carboxylic acids is 3. The molecule has 0 bridgehead atoms. The minimum Gasteiger partial charge on any atom is -0.467 e. The van der Waals surface area contributed by atoms with Crippen molar-refractivity contribution in [3.63, 3.8) is 0 Å². The van der Waals surface area contributed by atoms with E-state index in [2.05, 4.69) is 20.7 Å². The summed E-state index contributed by atoms with van der Waals surface area (Å²) in [6, 6.07) is -0.791. The SMILES string of the molecule is COC(=O)C(CNCC(=O)NCC(C)C)NC(C)=O. The highest BCUT2D eigenvalue weighted by Crippen LogP contribution is 1.88. The molecule has 0 radical (unpaired) electrons. The van der Waals surface area contributed by atoms with Crippen LogP contribution in [0.2, 0.25) is 0 Å². The largest absolute Gasteiger partial charge is 0.467 e. The van der Waals surface area contributed by atoms with Crippen molar-refractivity contribution in [2.45, 2.75) is 26.8 Å². The predicted octanol–water partition coefficient (Wildman–Crippen LogP) is -0.974. The Morgan fingerprint density at radius 1 is 1.16 bits per heavy atom. The molecule has 0 heterocycles. The average molecular weight is 273 g/mol. The van der Waals surface area contributed by atoms with E-state index in [1.54, 1.807) is 0 Å². The van der Waals surface area contributed by atoms with Crippen molar-refractivity contribution in [2.75, 3.05) is 26.7 Å². The molecule has 0 aliphatic rings. The number of methoxy groups -OCH3 is 1. The van der Waals surface area contributed by atoms with Crippen LogP contribution in [0.5, 0.6) is 0 Å². The lowest BCUT2D eigenvalue weighted by molar-refractivity contribution is -0.144. The summed E-state index contributed by atoms with van der Waals surface area (Å²) >= 11 is 0. The van der Waals surface area contributed by atoms with Gasteiger partial charge in [0, 0.05) is 20.0 Å². The Morgan fingerprint density at radius 3 is 2.26 bits per heavy atom. The molecule has 7 heteroatoms. The van der Waals surface area contributed by atoms with Gasteiger partial charge in [-0.05, 0) is 5.92 Å². The third-order valence-corrected chi connectivity index (χ3v) is 2.20. The molecule has 0 aromatic heterocycles. The van der Waals surface area contributed by atoms with Gasteiger partial charge >= 0.3 is 5.97 Å². The second-order valence-corrected chi connectivity index (χ2v) is 4.61. The van der Waals surface area contributed by atoms with Crippen LogP contribution in [0.25, 0.3) is 0 Å². The minimum atomic E-state index is -0.791. The highest BCUT2D eigenvalue weighted by atomic mass is 16.5. The summed E-state index contributed by atoms with van der Waals surface area (Å²) in [6.07, 6.45) is 0. The highest BCUT2D eigenvalue weighted by Gasteiger charge is 2.19. The van der Waals surface area contributed by atoms with Crippen LogP contribution in [-0.4, -0.2) is 50.6 Å². The van der Waals surface area contributed by atoms with Crippen LogP contribution in [-0.2, 0) is 19.1 Å². The number of hydrogen-bond acceptors (Lipinski definition) is 5. The van der Waals surface area contributed by atoms with Crippen molar-refractivity contribution in [3.05, 3.63) is 0 Å². The van der Waals surface area contributed by atoms with E-state index in [9.17, 15) is 14.4 Å². The smallest absolute Gasteiger partial charge is 0.329 e. The summed E-state index contributed by atoms with van der Waals surface area (Å²) in [5, 5.41) is 7.98. The predicted molar refractivity (Wildman–Crippen MR) is 70.3 cm³/mol. The highest BCUT2D eigenvalue weighted by molar-refractivity contribution is 5.83. The van der Waals surface area contributed by atoms with E-state index < -0.39 is 12.0 Å². The second kappa shape index (κ2) is 9.32. The molecule has 0 aromatic rings. The van der Waals surface area contributed by atoms with Crippen LogP contribution in [0.1, 0.15) is 20.8 Å². The summed E-state index contributed by atoms with van der Waals surface area (Å²) in [5.41, 5.74) is 0. The molecule has 2 amide bonds. The summed E-state index contributed by atoms with van der Waals surface area (Å²) in [4.78, 5) is 33.7. The molecular weight excluding hydrogens is 250 g/mol. The first-order valence-corrected chi connectivity index (χ1v) is 6.19. The number of nitrogens with one attached hydrogen (secondary N) is 3. The summed E-state index contributed by atoms with van der Waals surface area (Å²) < 4.78 is 4.56. The van der Waals surface area contributed by atoms with Gasteiger partial charge < -0.3 is 20.7 Å². The maximum atomic E-state index is 11.4. The minimum absolute atomic E-state index is 0.0831. The molecule has 0 saturated carbocycles. The van der Waals surface area contributed by atoms with E-state index in [1.165, 1.54) is 14.0 Å². The molecule has 0 aliphatic heterocycles. The van der Waals surface area contributed by atoms with E-state index in [-0.39, 0.29) is 24.9 Å². The molecule has 0 aliphatic carbocycles. The summed E-state index contributed by atoms with van der Waals surface area (Å²) in [5.74, 6) is -0.655. The van der Waals surface area contributed by atoms with Crippen LogP contribution in [0.4, 0.5) is 0 Å². The van der Waals surface area contributed by atoms with Crippen molar-refractivity contribution in [1.82, 2.24) is 16.0 Å². The van der Waals surface area contributed by atoms with Gasteiger partial charge in [0.25, 0.3) is 0 Å². The summed E-state index contributed by atoms with van der Waals surface area (Å²) in [7, 11) is 1.24. The molecule has 0 aromatic carbocycles. The summed E-state index contributed by atoms with van der Waals surface area (Å²) in [6.45, 7) is 6.13. The Bertz CT molecular complexity index is 318. The second-order valence-electron chi connectivity index (χ2n) is 4.61. The number of hydrogen-bond donors (Lipinski definition) is 3. The van der Waals surface area contributed by atoms with Crippen LogP contribution in [0, 0.1) is 5.92 Å². The van der Waals surface area contributed by atoms with Gasteiger partial charge in [0.05, 0.1) is 13.7 Å². The zero-order valence-electron chi connectivity index (χ0n) is 11.9. The number of esters is 1. The third-order valence-electron chi connectivity index (χ3n) is 2.20. The van der Waals surface area contributed by atoms with Gasteiger partial charge in [-0.25, -0.2) is 4.79 Å². The number of amides is 2. The maximum Gasteiger partial charge on any atom is 0.329 e. The normalized spacial score (nSPS) is 11.8. The quantitative estimate of drug-likeness (QED) is 0.494. The first kappa shape index (κ1) is 17.4. The van der Waals surface area contributed by atoms with Crippen LogP contribution in [0.3, 0.4) is 0 Å². The first-order chi connectivity index (χ1) is 8.86. The molecule has 3 N–H and O–H groups in total. The van der Waals surface area contributed by atoms with Crippen molar-refractivity contribution < 1.29 is 19.1 Å². The van der Waals surface area contributed by atoms with Crippen molar-refractivity contribution in [1.29, 1.82) is 0 Å². The molecule has 7 nitrogen and oxygen atoms in total. The molecule has 0 rings (SSSR count). The van der Waals surface area contributed by atoms with Crippen molar-refractivity contribution >= 4 is 17.8 Å². The van der Waals surface area contributed by atoms with Gasteiger partial charge in [0.1, 0.15) is 6.04 Å². The zero-order valence-corrected chi connectivity index (χ0v) is 11.9. The first-order valence-electron chi connectivity index (χ1n) is 6.19. The molecule has 110 valence electrons. The fraction of sp³-hybridized carbons (Fsp3) is 0.750. The number of rotatable bonds is 8. The van der Waals surface area contributed by atoms with Crippen LogP contribution < -0.4 is 16.0 Å². The zero-order chi connectivity index (χ0) is 14.8. The molecule has 0 fully saturated rings. The maximum absolute atomic E-state index is 11.4. The van der Waals surface area contributed by atoms with Crippen molar-refractivity contribution in [3.8, 4) is 0 Å². The van der Waals surface area contributed by atoms with Gasteiger partial charge in [-0.2, -0.15) is 0 Å². The van der Waals surface area contributed by atoms with Gasteiger partial charge in [-0.1, -0.05) is 13.8 Å². The Labute approximate surface area is 113 Å². The Kier molecular flexibility index (Phi) is 8.52. The lowest BCUT2D eigenvalue weighted by Crippen LogP contribution is -2.48. The lowest BCUT2D eigenvalue weighted by Gasteiger charge is -2.16. The fourth-order valence-electron chi connectivity index (χ4n) is 1.29. The lowest BCUT2D eigenvalue weighted by atomic mass is 10.2. The van der Waals surface area contributed by atoms with Gasteiger partial charge in [0.15, 0.2) is 0 Å². The van der Waals surface area contributed by atoms with Crippen LogP contribution >= 0.6 is 0 Å². The van der Waals surface area contributed by atoms with Gasteiger partial charge in [-0.15, -0.1) is 0 Å². The van der Waals surface area contributed by atoms with Gasteiger partial charge in [0.2, 0.25) is 11.8 Å². The van der Waals surface area contributed by atoms with E-state index >= 15 is 0 Å². The van der Waals surface area contributed by atoms with Crippen molar-refractivity contribution in [2.24, 2.45) is 5.92 Å². The monoisotopic (exact) mass is 273 g/mol. The molecule has 1 atom stereocenters. The third kappa shape index (κ3) is 9.01. The Hall–Kier alpha value is -1.63. The topological polar surface area (TPSA) is 96.5 Å². The van der Waals surface area contributed by atoms with Gasteiger partial charge in [-0.3, -0.25) is 9.59 Å². The molecule has 1 unspecified atom stereocenters. The molecular formula is C12H23N3O4. The number of ether oxygens (including phenoxy) is 1. The Morgan fingerprint density at radius 2 is 1.79 bits per heavy atom. The molecule has 19 heavy (non-hydrogen) atoms. The van der Waals surface area contributed by atoms with E-state index in [4.69, 9.17) is 0 Å². The standard InChI is InChI=1S/C12H23N3O4/c1-8(2)5-14-11(17)7-13-6-10(12(18)19-4)15-9(3)16/h8,10,13H,5-7H2,1-4H3,(H,14,17)(H,15,16). The Balaban J connectivity index is 4.01. The van der Waals surface area contributed by atoms with Crippen LogP contribution in [0.15, 0.2) is 0 Å². The average Bonchev–Trinajstić information content (AvgIpc) is 2.33. The molecule has 0 spiro atoms. The fourth-order valence-corrected chi connectivity index (χ4v) is 1.29. The van der Waals surface area contributed by atoms with E-state index in [1.807, 2.05) is 13.8 Å². The van der Waals surface area contributed by atoms with E-state index in [0.717, 1.165) is 0 Å². The van der Waals surface area contributed by atoms with E-state index in [0.29, 0.717) is 12.5 Å². The number of carbonyl (C=O) groups is 3.